The lowest BCUT2D eigenvalue weighted by Crippen LogP contribution is -2.49. The van der Waals surface area contributed by atoms with Gasteiger partial charge in [0.15, 0.2) is 0 Å². The average Bonchev–Trinajstić information content (AvgIpc) is 4.20. The number of nitrogens with zero attached hydrogens (tertiary/aromatic N) is 1. The van der Waals surface area contributed by atoms with Gasteiger partial charge in [0.1, 0.15) is 22.3 Å². The summed E-state index contributed by atoms with van der Waals surface area (Å²) in [5, 5.41) is 4.40. The molecule has 9 heteroatoms. The highest BCUT2D eigenvalue weighted by Crippen LogP contribution is 2.44. The molecule has 4 aliphatic rings. The van der Waals surface area contributed by atoms with Crippen molar-refractivity contribution in [1.29, 1.82) is 0 Å². The summed E-state index contributed by atoms with van der Waals surface area (Å²) in [4.78, 5) is 28.3. The summed E-state index contributed by atoms with van der Waals surface area (Å²) in [5.74, 6) is 1.90. The van der Waals surface area contributed by atoms with Crippen LogP contribution in [-0.4, -0.2) is 68.0 Å². The second-order valence-corrected chi connectivity index (χ2v) is 18.3. The second kappa shape index (κ2) is 21.5. The van der Waals surface area contributed by atoms with Crippen molar-refractivity contribution in [1.82, 2.24) is 10.2 Å². The van der Waals surface area contributed by atoms with Gasteiger partial charge < -0.3 is 31.2 Å². The van der Waals surface area contributed by atoms with Crippen LogP contribution in [-0.2, 0) is 46.1 Å². The summed E-state index contributed by atoms with van der Waals surface area (Å²) >= 11 is 3.44. The molecule has 2 amide bonds. The Balaban J connectivity index is 0.000000149. The van der Waals surface area contributed by atoms with Gasteiger partial charge in [-0.25, -0.2) is 0 Å². The number of benzene rings is 6. The first-order valence-corrected chi connectivity index (χ1v) is 24.3. The van der Waals surface area contributed by atoms with Crippen LogP contribution < -0.4 is 26.3 Å². The number of fused-ring (bicyclic) bond motifs is 2. The largest absolute Gasteiger partial charge is 0.493 e. The van der Waals surface area contributed by atoms with E-state index in [4.69, 9.17) is 20.9 Å². The third-order valence-corrected chi connectivity index (χ3v) is 14.3. The number of amides is 2. The summed E-state index contributed by atoms with van der Waals surface area (Å²) in [7, 11) is 0. The number of likely N-dealkylation sites (tertiary alicyclic amines) is 1. The Bertz CT molecular complexity index is 2400. The zero-order valence-corrected chi connectivity index (χ0v) is 38.8. The molecular weight excluding hydrogens is 873 g/mol. The lowest BCUT2D eigenvalue weighted by molar-refractivity contribution is -0.124. The normalized spacial score (nSPS) is 17.6. The van der Waals surface area contributed by atoms with E-state index < -0.39 is 10.8 Å². The van der Waals surface area contributed by atoms with E-state index in [1.54, 1.807) is 0 Å². The minimum absolute atomic E-state index is 0.137. The van der Waals surface area contributed by atoms with Crippen LogP contribution in [0.2, 0.25) is 0 Å². The Morgan fingerprint density at radius 3 is 1.46 bits per heavy atom. The molecule has 6 aromatic rings. The molecule has 2 atom stereocenters. The molecule has 2 saturated heterocycles. The number of nitrogens with one attached hydrogen (secondary N) is 1. The van der Waals surface area contributed by atoms with Gasteiger partial charge >= 0.3 is 0 Å². The van der Waals surface area contributed by atoms with Crippen molar-refractivity contribution in [2.45, 2.75) is 49.4 Å². The van der Waals surface area contributed by atoms with Crippen molar-refractivity contribution in [2.24, 2.45) is 23.3 Å². The highest BCUT2D eigenvalue weighted by Gasteiger charge is 2.50. The predicted octanol–water partition coefficient (Wildman–Crippen LogP) is 8.58. The smallest absolute Gasteiger partial charge is 0.232 e. The quantitative estimate of drug-likeness (QED) is 0.1000. The van der Waals surface area contributed by atoms with Crippen LogP contribution in [0.25, 0.3) is 0 Å². The Labute approximate surface area is 392 Å². The maximum atomic E-state index is 13.2. The van der Waals surface area contributed by atoms with Crippen molar-refractivity contribution >= 4 is 27.7 Å². The molecule has 5 N–H and O–H groups in total. The molecule has 336 valence electrons. The number of rotatable bonds is 13. The Morgan fingerprint density at radius 2 is 1.05 bits per heavy atom. The zero-order chi connectivity index (χ0) is 45.1. The number of primary amides is 2. The van der Waals surface area contributed by atoms with Gasteiger partial charge in [0.25, 0.3) is 0 Å². The molecule has 0 unspecified atom stereocenters. The van der Waals surface area contributed by atoms with E-state index >= 15 is 0 Å². The van der Waals surface area contributed by atoms with Gasteiger partial charge in [-0.2, -0.15) is 0 Å². The van der Waals surface area contributed by atoms with E-state index in [0.717, 1.165) is 124 Å². The zero-order valence-electron chi connectivity index (χ0n) is 37.2. The molecule has 0 spiro atoms. The molecule has 0 aromatic heterocycles. The molecular formula is C56H61BrN4O4. The number of carbonyl (C=O) groups excluding carboxylic acids is 2. The van der Waals surface area contributed by atoms with Crippen LogP contribution in [0.3, 0.4) is 0 Å². The number of hydrogen-bond acceptors (Lipinski definition) is 6. The molecule has 6 aromatic carbocycles. The Kier molecular flexibility index (Phi) is 15.2. The van der Waals surface area contributed by atoms with Gasteiger partial charge in [-0.1, -0.05) is 162 Å². The molecule has 0 bridgehead atoms. The van der Waals surface area contributed by atoms with Gasteiger partial charge in [-0.15, -0.1) is 0 Å². The van der Waals surface area contributed by atoms with Gasteiger partial charge in [0, 0.05) is 31.3 Å². The van der Waals surface area contributed by atoms with Gasteiger partial charge in [-0.3, -0.25) is 9.59 Å². The summed E-state index contributed by atoms with van der Waals surface area (Å²) in [5.41, 5.74) is 20.0. The number of ether oxygens (including phenoxy) is 2. The topological polar surface area (TPSA) is 120 Å². The minimum atomic E-state index is -0.817. The van der Waals surface area contributed by atoms with Gasteiger partial charge in [-0.05, 0) is 114 Å². The first-order chi connectivity index (χ1) is 31.8. The van der Waals surface area contributed by atoms with E-state index in [0.29, 0.717) is 0 Å². The molecule has 65 heavy (non-hydrogen) atoms. The molecule has 10 rings (SSSR count). The van der Waals surface area contributed by atoms with Crippen LogP contribution in [0.15, 0.2) is 158 Å². The molecule has 8 nitrogen and oxygen atoms in total. The highest BCUT2D eigenvalue weighted by atomic mass is 79.9. The van der Waals surface area contributed by atoms with Crippen molar-refractivity contribution in [2.75, 3.05) is 51.3 Å². The van der Waals surface area contributed by atoms with Crippen LogP contribution in [0, 0.1) is 11.8 Å². The lowest BCUT2D eigenvalue weighted by atomic mass is 9.64. The Hall–Kier alpha value is -5.74. The van der Waals surface area contributed by atoms with Gasteiger partial charge in [0.2, 0.25) is 11.8 Å². The first kappa shape index (κ1) is 45.8. The Morgan fingerprint density at radius 1 is 0.600 bits per heavy atom. The molecule has 2 fully saturated rings. The summed E-state index contributed by atoms with van der Waals surface area (Å²) in [6, 6.07) is 53.1. The van der Waals surface area contributed by atoms with Crippen LogP contribution >= 0.6 is 15.9 Å². The van der Waals surface area contributed by atoms with Crippen molar-refractivity contribution in [3.8, 4) is 11.5 Å². The summed E-state index contributed by atoms with van der Waals surface area (Å²) in [6.45, 7) is 6.21. The van der Waals surface area contributed by atoms with E-state index in [1.807, 2.05) is 121 Å². The third kappa shape index (κ3) is 9.93. The van der Waals surface area contributed by atoms with Crippen LogP contribution in [0.1, 0.15) is 57.3 Å². The highest BCUT2D eigenvalue weighted by molar-refractivity contribution is 9.09. The number of halogens is 1. The number of alkyl halides is 1. The lowest BCUT2D eigenvalue weighted by Gasteiger charge is -2.37. The van der Waals surface area contributed by atoms with Crippen molar-refractivity contribution in [3.05, 3.63) is 202 Å². The average molecular weight is 934 g/mol. The number of carbonyl (C=O) groups is 2. The monoisotopic (exact) mass is 932 g/mol. The van der Waals surface area contributed by atoms with E-state index in [-0.39, 0.29) is 23.7 Å². The van der Waals surface area contributed by atoms with Gasteiger partial charge in [0.05, 0.1) is 13.2 Å². The fourth-order valence-electron chi connectivity index (χ4n) is 10.7. The SMILES string of the molecule is BrCCc1ccc2c(c1)CCO2.NC(=O)C(c1ccccc1)(c1ccccc1)[C@@H]1CCN(CCc2ccc3c(c2)CCO3)C1.NC(=O)C(c1ccccc1)(c1ccccc1)[C@@H]1CCNC1. The van der Waals surface area contributed by atoms with Crippen LogP contribution in [0.4, 0.5) is 0 Å². The van der Waals surface area contributed by atoms with Crippen LogP contribution in [0.5, 0.6) is 11.5 Å². The summed E-state index contributed by atoms with van der Waals surface area (Å²) in [6.07, 6.45) is 6.08. The van der Waals surface area contributed by atoms with Crippen molar-refractivity contribution < 1.29 is 19.1 Å². The minimum Gasteiger partial charge on any atom is -0.493 e. The van der Waals surface area contributed by atoms with Crippen molar-refractivity contribution in [3.63, 3.8) is 0 Å². The first-order valence-electron chi connectivity index (χ1n) is 23.1. The third-order valence-electron chi connectivity index (χ3n) is 13.9. The maximum Gasteiger partial charge on any atom is 0.232 e. The molecule has 4 aliphatic heterocycles. The van der Waals surface area contributed by atoms with E-state index in [1.165, 1.54) is 22.3 Å². The maximum absolute atomic E-state index is 13.2. The molecule has 0 saturated carbocycles. The predicted molar refractivity (Wildman–Crippen MR) is 264 cm³/mol. The molecule has 0 radical (unpaired) electrons. The number of aryl methyl sites for hydroxylation is 1. The number of nitrogens with two attached hydrogens (primary N) is 2. The number of hydrogen-bond donors (Lipinski definition) is 3. The molecule has 0 aliphatic carbocycles. The molecule has 4 heterocycles. The summed E-state index contributed by atoms with van der Waals surface area (Å²) < 4.78 is 11.1. The standard InChI is InChI=1S/C28H30N2O2.C18H20N2O.C10H11BrO/c29-27(31)28(23-7-3-1-4-8-23,24-9-5-2-6-10-24)25-14-17-30(20-25)16-13-21-11-12-26-22(19-21)15-18-32-26;19-17(21)18(16-11-12-20-13-16,14-7-3-1-4-8-14)15-9-5-2-6-10-15;11-5-3-8-1-2-10-9(7-8)4-6-12-10/h1-12,19,25H,13-18,20H2,(H2,29,31);1-10,16,20H,11-13H2,(H2,19,21);1-2,7H,3-6H2/t25-;16-;/m11./s1. The van der Waals surface area contributed by atoms with E-state index in [2.05, 4.69) is 62.5 Å². The fourth-order valence-corrected chi connectivity index (χ4v) is 11.1. The fraction of sp³-hybridized carbons (Fsp3) is 0.321. The van der Waals surface area contributed by atoms with E-state index in [9.17, 15) is 9.59 Å². The second-order valence-electron chi connectivity index (χ2n) is 17.6.